The van der Waals surface area contributed by atoms with Gasteiger partial charge in [-0.1, -0.05) is 66.9 Å². The van der Waals surface area contributed by atoms with Crippen molar-refractivity contribution >= 4 is 45.1 Å². The van der Waals surface area contributed by atoms with Crippen molar-refractivity contribution in [3.05, 3.63) is 54.6 Å². The van der Waals surface area contributed by atoms with Crippen molar-refractivity contribution in [2.24, 2.45) is 0 Å². The zero-order chi connectivity index (χ0) is 12.1. The molecule has 0 amide bonds. The van der Waals surface area contributed by atoms with Crippen LogP contribution in [0.4, 0.5) is 0 Å². The second-order valence-electron chi connectivity index (χ2n) is 4.80. The Balaban J connectivity index is 0.00000110. The molecule has 0 aliphatic heterocycles. The summed E-state index contributed by atoms with van der Waals surface area (Å²) in [5, 5.41) is 8.16. The molecule has 19 heavy (non-hydrogen) atoms. The van der Waals surface area contributed by atoms with Crippen molar-refractivity contribution in [1.82, 2.24) is 0 Å². The van der Waals surface area contributed by atoms with Gasteiger partial charge in [0.25, 0.3) is 0 Å². The van der Waals surface area contributed by atoms with Crippen molar-refractivity contribution in [2.45, 2.75) is 6.82 Å². The SMILES string of the molecule is C[B]c1ccc2ccc3cccc4ccc1c2c34.[Y]. The summed E-state index contributed by atoms with van der Waals surface area (Å²) in [4.78, 5) is 0. The first kappa shape index (κ1) is 13.1. The van der Waals surface area contributed by atoms with Gasteiger partial charge in [0.15, 0.2) is 0 Å². The van der Waals surface area contributed by atoms with E-state index in [4.69, 9.17) is 0 Å². The third kappa shape index (κ3) is 1.83. The van der Waals surface area contributed by atoms with Gasteiger partial charge in [0.1, 0.15) is 7.28 Å². The van der Waals surface area contributed by atoms with E-state index in [2.05, 4.69) is 68.7 Å². The summed E-state index contributed by atoms with van der Waals surface area (Å²) in [5.74, 6) is 0. The number of rotatable bonds is 1. The van der Waals surface area contributed by atoms with E-state index in [1.54, 1.807) is 0 Å². The van der Waals surface area contributed by atoms with Crippen LogP contribution in [0.3, 0.4) is 0 Å². The van der Waals surface area contributed by atoms with Crippen LogP contribution in [-0.4, -0.2) is 7.28 Å². The van der Waals surface area contributed by atoms with Gasteiger partial charge in [0.2, 0.25) is 0 Å². The van der Waals surface area contributed by atoms with Crippen LogP contribution < -0.4 is 5.46 Å². The smallest absolute Gasteiger partial charge is 0.0872 e. The van der Waals surface area contributed by atoms with Crippen molar-refractivity contribution in [3.8, 4) is 0 Å². The predicted molar refractivity (Wildman–Crippen MR) is 81.4 cm³/mol. The maximum absolute atomic E-state index is 2.25. The quantitative estimate of drug-likeness (QED) is 0.368. The summed E-state index contributed by atoms with van der Waals surface area (Å²) < 4.78 is 0. The van der Waals surface area contributed by atoms with E-state index < -0.39 is 0 Å². The van der Waals surface area contributed by atoms with Gasteiger partial charge in [-0.2, -0.15) is 0 Å². The molecule has 4 aromatic rings. The summed E-state index contributed by atoms with van der Waals surface area (Å²) >= 11 is 0. The van der Waals surface area contributed by atoms with E-state index in [1.165, 1.54) is 37.8 Å². The van der Waals surface area contributed by atoms with Crippen LogP contribution in [0, 0.1) is 0 Å². The predicted octanol–water partition coefficient (Wildman–Crippen LogP) is 3.96. The molecule has 2 radical (unpaired) electrons. The van der Waals surface area contributed by atoms with Crippen LogP contribution in [0.15, 0.2) is 54.6 Å². The van der Waals surface area contributed by atoms with Gasteiger partial charge in [0, 0.05) is 32.7 Å². The molecule has 4 aromatic carbocycles. The molecule has 0 atom stereocenters. The van der Waals surface area contributed by atoms with Gasteiger partial charge < -0.3 is 0 Å². The molecule has 0 saturated heterocycles. The molecule has 0 bridgehead atoms. The first-order chi connectivity index (χ1) is 8.88. The van der Waals surface area contributed by atoms with Crippen molar-refractivity contribution in [3.63, 3.8) is 0 Å². The van der Waals surface area contributed by atoms with E-state index in [9.17, 15) is 0 Å². The minimum absolute atomic E-state index is 0. The van der Waals surface area contributed by atoms with Crippen LogP contribution in [0.5, 0.6) is 0 Å². The summed E-state index contributed by atoms with van der Waals surface area (Å²) in [7, 11) is 2.19. The van der Waals surface area contributed by atoms with Gasteiger partial charge in [-0.05, 0) is 32.3 Å². The minimum Gasteiger partial charge on any atom is -0.0872 e. The molecule has 0 unspecified atom stereocenters. The van der Waals surface area contributed by atoms with Crippen LogP contribution >= 0.6 is 0 Å². The molecule has 0 heterocycles. The molecule has 0 fully saturated rings. The third-order valence-corrected chi connectivity index (χ3v) is 3.87. The van der Waals surface area contributed by atoms with Gasteiger partial charge >= 0.3 is 0 Å². The molecule has 0 aliphatic rings. The average Bonchev–Trinajstić information content (AvgIpc) is 2.44. The maximum Gasteiger partial charge on any atom is 0.149 e. The number of hydrogen-bond acceptors (Lipinski definition) is 0. The topological polar surface area (TPSA) is 0 Å². The van der Waals surface area contributed by atoms with Crippen molar-refractivity contribution in [2.75, 3.05) is 0 Å². The fourth-order valence-electron chi connectivity index (χ4n) is 3.01. The Bertz CT molecular complexity index is 851. The molecule has 2 heteroatoms. The molecular formula is C17H12BY. The summed E-state index contributed by atoms with van der Waals surface area (Å²) in [5.41, 5.74) is 1.32. The number of benzene rings is 4. The van der Waals surface area contributed by atoms with E-state index in [0.29, 0.717) is 0 Å². The second kappa shape index (κ2) is 4.89. The zero-order valence-corrected chi connectivity index (χ0v) is 13.7. The van der Waals surface area contributed by atoms with E-state index >= 15 is 0 Å². The third-order valence-electron chi connectivity index (χ3n) is 3.87. The minimum atomic E-state index is 0. The average molecular weight is 316 g/mol. The molecule has 4 rings (SSSR count). The van der Waals surface area contributed by atoms with Gasteiger partial charge in [0.05, 0.1) is 0 Å². The van der Waals surface area contributed by atoms with Gasteiger partial charge in [-0.15, -0.1) is 0 Å². The normalized spacial score (nSPS) is 11.0. The Labute approximate surface area is 138 Å². The molecule has 0 spiro atoms. The zero-order valence-electron chi connectivity index (χ0n) is 10.9. The van der Waals surface area contributed by atoms with E-state index in [1.807, 2.05) is 0 Å². The van der Waals surface area contributed by atoms with Crippen LogP contribution in [0.25, 0.3) is 32.3 Å². The Morgan fingerprint density at radius 3 is 1.95 bits per heavy atom. The maximum atomic E-state index is 2.25. The first-order valence-electron chi connectivity index (χ1n) is 6.34. The van der Waals surface area contributed by atoms with Crippen molar-refractivity contribution in [1.29, 1.82) is 0 Å². The molecule has 86 valence electrons. The fourth-order valence-corrected chi connectivity index (χ4v) is 3.01. The molecular weight excluding hydrogens is 304 g/mol. The fraction of sp³-hybridized carbons (Fsp3) is 0.0588. The van der Waals surface area contributed by atoms with Gasteiger partial charge in [-0.25, -0.2) is 0 Å². The molecule has 0 aliphatic carbocycles. The Morgan fingerprint density at radius 2 is 1.26 bits per heavy atom. The summed E-state index contributed by atoms with van der Waals surface area (Å²) in [6.07, 6.45) is 0. The van der Waals surface area contributed by atoms with Crippen LogP contribution in [-0.2, 0) is 32.7 Å². The second-order valence-corrected chi connectivity index (χ2v) is 4.80. The number of hydrogen-bond donors (Lipinski definition) is 0. The van der Waals surface area contributed by atoms with E-state index in [0.717, 1.165) is 0 Å². The molecule has 0 nitrogen and oxygen atoms in total. The summed E-state index contributed by atoms with van der Waals surface area (Å²) in [6, 6.07) is 19.9. The van der Waals surface area contributed by atoms with E-state index in [-0.39, 0.29) is 32.7 Å². The summed E-state index contributed by atoms with van der Waals surface area (Å²) in [6.45, 7) is 2.10. The standard InChI is InChI=1S/C17H12B.Y/c1-18-15-10-8-13-6-5-11-3-2-4-12-7-9-14(15)17(13)16(11)12;/h2-10H,1H3;. The largest absolute Gasteiger partial charge is 0.149 e. The first-order valence-corrected chi connectivity index (χ1v) is 6.34. The Morgan fingerprint density at radius 1 is 0.684 bits per heavy atom. The van der Waals surface area contributed by atoms with Crippen molar-refractivity contribution < 1.29 is 32.7 Å². The van der Waals surface area contributed by atoms with Gasteiger partial charge in [-0.3, -0.25) is 0 Å². The molecule has 0 aromatic heterocycles. The Kier molecular flexibility index (Phi) is 3.37. The monoisotopic (exact) mass is 316 g/mol. The van der Waals surface area contributed by atoms with Crippen LogP contribution in [0.1, 0.15) is 0 Å². The molecule has 0 saturated carbocycles. The van der Waals surface area contributed by atoms with Crippen LogP contribution in [0.2, 0.25) is 6.82 Å². The molecule has 0 N–H and O–H groups in total. The Hall–Kier alpha value is -0.911.